The largest absolute Gasteiger partial charge is 0.294 e. The maximum absolute atomic E-state index is 11.7. The minimum Gasteiger partial charge on any atom is -0.294 e. The van der Waals surface area contributed by atoms with E-state index < -0.39 is 0 Å². The first-order valence-electron chi connectivity index (χ1n) is 6.07. The summed E-state index contributed by atoms with van der Waals surface area (Å²) in [5.41, 5.74) is 2.39. The van der Waals surface area contributed by atoms with Crippen LogP contribution < -0.4 is 0 Å². The summed E-state index contributed by atoms with van der Waals surface area (Å²) < 4.78 is 1.55. The Bertz CT molecular complexity index is 734. The summed E-state index contributed by atoms with van der Waals surface area (Å²) in [7, 11) is 0. The Morgan fingerprint density at radius 3 is 2.15 bits per heavy atom. The van der Waals surface area contributed by atoms with Gasteiger partial charge in [0.2, 0.25) is 0 Å². The molecule has 0 bridgehead atoms. The van der Waals surface area contributed by atoms with Gasteiger partial charge < -0.3 is 0 Å². The van der Waals surface area contributed by atoms with Crippen molar-refractivity contribution in [3.05, 3.63) is 46.8 Å². The molecule has 0 atom stereocenters. The van der Waals surface area contributed by atoms with Gasteiger partial charge in [-0.1, -0.05) is 0 Å². The highest BCUT2D eigenvalue weighted by Gasteiger charge is 2.21. The zero-order valence-corrected chi connectivity index (χ0v) is 11.5. The van der Waals surface area contributed by atoms with Crippen molar-refractivity contribution in [1.82, 2.24) is 9.78 Å². The molecule has 1 aromatic heterocycles. The molecule has 5 nitrogen and oxygen atoms in total. The van der Waals surface area contributed by atoms with E-state index in [0.29, 0.717) is 22.5 Å². The van der Waals surface area contributed by atoms with E-state index >= 15 is 0 Å². The minimum absolute atomic E-state index is 0.180. The lowest BCUT2D eigenvalue weighted by atomic mass is 10.1. The van der Waals surface area contributed by atoms with E-state index in [1.165, 1.54) is 13.8 Å². The molecule has 0 aliphatic carbocycles. The summed E-state index contributed by atoms with van der Waals surface area (Å²) in [5, 5.41) is 13.0. The number of rotatable bonds is 3. The molecule has 0 aliphatic heterocycles. The molecule has 1 heterocycles. The van der Waals surface area contributed by atoms with Crippen LogP contribution in [0.5, 0.6) is 0 Å². The highest BCUT2D eigenvalue weighted by molar-refractivity contribution is 6.06. The minimum atomic E-state index is -0.245. The highest BCUT2D eigenvalue weighted by Crippen LogP contribution is 2.19. The number of ketones is 2. The van der Waals surface area contributed by atoms with Gasteiger partial charge in [-0.05, 0) is 38.1 Å². The predicted octanol–water partition coefficient (Wildman–Crippen LogP) is 2.46. The highest BCUT2D eigenvalue weighted by atomic mass is 16.1. The van der Waals surface area contributed by atoms with Crippen LogP contribution in [0.2, 0.25) is 0 Å². The number of hydrogen-bond donors (Lipinski definition) is 0. The van der Waals surface area contributed by atoms with Gasteiger partial charge in [0.05, 0.1) is 28.6 Å². The number of carbonyl (C=O) groups is 2. The van der Waals surface area contributed by atoms with Crippen LogP contribution in [-0.4, -0.2) is 21.3 Å². The van der Waals surface area contributed by atoms with Crippen molar-refractivity contribution in [3.8, 4) is 11.8 Å². The van der Waals surface area contributed by atoms with Crippen molar-refractivity contribution in [2.45, 2.75) is 20.8 Å². The Kier molecular flexibility index (Phi) is 3.49. The summed E-state index contributed by atoms with van der Waals surface area (Å²) >= 11 is 0. The van der Waals surface area contributed by atoms with Gasteiger partial charge >= 0.3 is 0 Å². The molecule has 0 saturated carbocycles. The van der Waals surface area contributed by atoms with Gasteiger partial charge in [0.1, 0.15) is 5.69 Å². The second kappa shape index (κ2) is 5.10. The number of carbonyl (C=O) groups excluding carboxylic acids is 2. The van der Waals surface area contributed by atoms with Gasteiger partial charge in [-0.3, -0.25) is 9.59 Å². The first kappa shape index (κ1) is 13.7. The number of Topliss-reactive ketones (excluding diaryl/α,β-unsaturated/α-hetero) is 2. The molecular formula is C15H13N3O2. The van der Waals surface area contributed by atoms with Gasteiger partial charge in [-0.25, -0.2) is 4.68 Å². The van der Waals surface area contributed by atoms with E-state index in [1.54, 1.807) is 35.9 Å². The van der Waals surface area contributed by atoms with Crippen molar-refractivity contribution < 1.29 is 9.59 Å². The normalized spacial score (nSPS) is 10.1. The van der Waals surface area contributed by atoms with Crippen LogP contribution in [-0.2, 0) is 0 Å². The maximum atomic E-state index is 11.7. The molecule has 0 saturated heterocycles. The Morgan fingerprint density at radius 2 is 1.75 bits per heavy atom. The van der Waals surface area contributed by atoms with E-state index in [4.69, 9.17) is 5.26 Å². The number of nitriles is 1. The average Bonchev–Trinajstić information content (AvgIpc) is 2.77. The molecule has 100 valence electrons. The molecule has 1 aromatic carbocycles. The number of aromatic nitrogens is 2. The van der Waals surface area contributed by atoms with Crippen LogP contribution in [0.1, 0.15) is 46.0 Å². The fourth-order valence-electron chi connectivity index (χ4n) is 2.10. The Balaban J connectivity index is 2.63. The Labute approximate surface area is 116 Å². The van der Waals surface area contributed by atoms with Crippen LogP contribution in [0.15, 0.2) is 24.3 Å². The van der Waals surface area contributed by atoms with Crippen LogP contribution in [0.4, 0.5) is 0 Å². The van der Waals surface area contributed by atoms with Crippen molar-refractivity contribution in [3.63, 3.8) is 0 Å². The monoisotopic (exact) mass is 267 g/mol. The predicted molar refractivity (Wildman–Crippen MR) is 73.0 cm³/mol. The third kappa shape index (κ3) is 2.24. The SMILES string of the molecule is CC(=O)c1nn(-c2ccc(C#N)cc2)c(C)c1C(C)=O. The lowest BCUT2D eigenvalue weighted by Crippen LogP contribution is -2.02. The van der Waals surface area contributed by atoms with Gasteiger partial charge in [-0.15, -0.1) is 0 Å². The van der Waals surface area contributed by atoms with Crippen molar-refractivity contribution in [2.75, 3.05) is 0 Å². The van der Waals surface area contributed by atoms with E-state index in [-0.39, 0.29) is 17.3 Å². The van der Waals surface area contributed by atoms with Crippen LogP contribution >= 0.6 is 0 Å². The summed E-state index contributed by atoms with van der Waals surface area (Å²) in [4.78, 5) is 23.3. The van der Waals surface area contributed by atoms with Gasteiger partial charge in [0.15, 0.2) is 11.6 Å². The molecule has 5 heteroatoms. The van der Waals surface area contributed by atoms with Gasteiger partial charge in [0, 0.05) is 6.92 Å². The van der Waals surface area contributed by atoms with E-state index in [2.05, 4.69) is 5.10 Å². The molecule has 0 radical (unpaired) electrons. The molecule has 2 rings (SSSR count). The Morgan fingerprint density at radius 1 is 1.15 bits per heavy atom. The Hall–Kier alpha value is -2.74. The third-order valence-electron chi connectivity index (χ3n) is 3.04. The third-order valence-corrected chi connectivity index (χ3v) is 3.04. The van der Waals surface area contributed by atoms with Crippen LogP contribution in [0.3, 0.4) is 0 Å². The fourth-order valence-corrected chi connectivity index (χ4v) is 2.10. The van der Waals surface area contributed by atoms with Gasteiger partial charge in [0.25, 0.3) is 0 Å². The second-order valence-corrected chi connectivity index (χ2v) is 4.49. The number of benzene rings is 1. The summed E-state index contributed by atoms with van der Waals surface area (Å²) in [6, 6.07) is 8.82. The molecule has 0 fully saturated rings. The van der Waals surface area contributed by atoms with E-state index in [9.17, 15) is 9.59 Å². The first-order valence-corrected chi connectivity index (χ1v) is 6.07. The quantitative estimate of drug-likeness (QED) is 0.800. The summed E-state index contributed by atoms with van der Waals surface area (Å²) in [6.45, 7) is 4.55. The lowest BCUT2D eigenvalue weighted by Gasteiger charge is -2.04. The summed E-state index contributed by atoms with van der Waals surface area (Å²) in [6.07, 6.45) is 0. The van der Waals surface area contributed by atoms with E-state index in [0.717, 1.165) is 0 Å². The zero-order chi connectivity index (χ0) is 14.9. The molecule has 0 amide bonds. The number of nitrogens with zero attached hydrogens (tertiary/aromatic N) is 3. The molecular weight excluding hydrogens is 254 g/mol. The smallest absolute Gasteiger partial charge is 0.180 e. The van der Waals surface area contributed by atoms with Crippen LogP contribution in [0.25, 0.3) is 5.69 Å². The zero-order valence-electron chi connectivity index (χ0n) is 11.5. The molecule has 0 spiro atoms. The van der Waals surface area contributed by atoms with Gasteiger partial charge in [-0.2, -0.15) is 10.4 Å². The van der Waals surface area contributed by atoms with Crippen molar-refractivity contribution >= 4 is 11.6 Å². The standard InChI is InChI=1S/C15H13N3O2/c1-9-14(10(2)19)15(11(3)20)17-18(9)13-6-4-12(8-16)5-7-13/h4-7H,1-3H3. The lowest BCUT2D eigenvalue weighted by molar-refractivity contribution is 0.0978. The van der Waals surface area contributed by atoms with E-state index in [1.807, 2.05) is 6.07 Å². The topological polar surface area (TPSA) is 75.8 Å². The molecule has 0 aliphatic rings. The molecule has 0 N–H and O–H groups in total. The maximum Gasteiger partial charge on any atom is 0.180 e. The fraction of sp³-hybridized carbons (Fsp3) is 0.200. The molecule has 20 heavy (non-hydrogen) atoms. The molecule has 2 aromatic rings. The first-order chi connectivity index (χ1) is 9.45. The van der Waals surface area contributed by atoms with Crippen molar-refractivity contribution in [1.29, 1.82) is 5.26 Å². The average molecular weight is 267 g/mol. The van der Waals surface area contributed by atoms with Crippen molar-refractivity contribution in [2.24, 2.45) is 0 Å². The van der Waals surface area contributed by atoms with Crippen LogP contribution in [0, 0.1) is 18.3 Å². The second-order valence-electron chi connectivity index (χ2n) is 4.49. The summed E-state index contributed by atoms with van der Waals surface area (Å²) in [5.74, 6) is -0.432. The number of hydrogen-bond acceptors (Lipinski definition) is 4. The molecule has 0 unspecified atom stereocenters.